The number of carbonyl (C=O) groups excluding carboxylic acids is 1. The molecule has 9 nitrogen and oxygen atoms in total. The lowest BCUT2D eigenvalue weighted by Gasteiger charge is -2.25. The summed E-state index contributed by atoms with van der Waals surface area (Å²) in [6.45, 7) is 1.79. The minimum Gasteiger partial charge on any atom is -0.378 e. The molecule has 1 saturated heterocycles. The highest BCUT2D eigenvalue weighted by molar-refractivity contribution is 5.82. The average molecular weight is 328 g/mol. The van der Waals surface area contributed by atoms with Crippen LogP contribution in [-0.2, 0) is 11.8 Å². The zero-order chi connectivity index (χ0) is 16.7. The van der Waals surface area contributed by atoms with Gasteiger partial charge in [-0.05, 0) is 34.0 Å². The quantitative estimate of drug-likeness (QED) is 0.597. The Hall–Kier alpha value is -2.94. The summed E-state index contributed by atoms with van der Waals surface area (Å²) in [5, 5.41) is 8.65. The molecule has 9 heteroatoms. The number of ether oxygens (including phenoxy) is 1. The molecule has 1 aromatic carbocycles. The number of aryl methyl sites for hydroxylation is 1. The van der Waals surface area contributed by atoms with Crippen LogP contribution < -0.4 is 5.69 Å². The fourth-order valence-corrected chi connectivity index (χ4v) is 2.80. The van der Waals surface area contributed by atoms with Gasteiger partial charge >= 0.3 is 11.7 Å². The number of carbonyl (C=O) groups is 1. The zero-order valence-electron chi connectivity index (χ0n) is 13.1. The molecule has 0 radical (unpaired) electrons. The van der Waals surface area contributed by atoms with Gasteiger partial charge in [0, 0.05) is 31.9 Å². The number of rotatable bonds is 1. The molecule has 0 atom stereocenters. The van der Waals surface area contributed by atoms with Crippen molar-refractivity contribution in [1.82, 2.24) is 29.3 Å². The number of tetrazole rings is 1. The van der Waals surface area contributed by atoms with Crippen molar-refractivity contribution in [2.24, 2.45) is 7.05 Å². The minimum atomic E-state index is -0.583. The SMILES string of the molecule is Cn1ccc2ccc(-n3nnn(C(=O)N4CCOCC4)c3=O)cc21. The Kier molecular flexibility index (Phi) is 3.42. The molecular formula is C15H16N6O3. The van der Waals surface area contributed by atoms with Crippen LogP contribution in [0, 0.1) is 0 Å². The molecule has 0 spiro atoms. The highest BCUT2D eigenvalue weighted by Crippen LogP contribution is 2.17. The summed E-state index contributed by atoms with van der Waals surface area (Å²) in [7, 11) is 1.92. The summed E-state index contributed by atoms with van der Waals surface area (Å²) >= 11 is 0. The lowest BCUT2D eigenvalue weighted by Crippen LogP contribution is -2.46. The Morgan fingerprint density at radius 1 is 1.17 bits per heavy atom. The van der Waals surface area contributed by atoms with E-state index in [0.29, 0.717) is 32.0 Å². The van der Waals surface area contributed by atoms with Crippen molar-refractivity contribution in [2.75, 3.05) is 26.3 Å². The number of amides is 1. The zero-order valence-corrected chi connectivity index (χ0v) is 13.1. The number of morpholine rings is 1. The van der Waals surface area contributed by atoms with Crippen LogP contribution >= 0.6 is 0 Å². The lowest BCUT2D eigenvalue weighted by atomic mass is 10.2. The fourth-order valence-electron chi connectivity index (χ4n) is 2.80. The maximum absolute atomic E-state index is 12.5. The van der Waals surface area contributed by atoms with Crippen LogP contribution in [0.15, 0.2) is 35.3 Å². The summed E-state index contributed by atoms with van der Waals surface area (Å²) < 4.78 is 9.08. The summed E-state index contributed by atoms with van der Waals surface area (Å²) in [4.78, 5) is 26.5. The molecule has 24 heavy (non-hydrogen) atoms. The molecule has 0 saturated carbocycles. The highest BCUT2D eigenvalue weighted by atomic mass is 16.5. The van der Waals surface area contributed by atoms with E-state index in [9.17, 15) is 9.59 Å². The van der Waals surface area contributed by atoms with Crippen LogP contribution in [0.4, 0.5) is 4.79 Å². The second kappa shape index (κ2) is 5.60. The second-order valence-electron chi connectivity index (χ2n) is 5.64. The van der Waals surface area contributed by atoms with E-state index in [-0.39, 0.29) is 0 Å². The van der Waals surface area contributed by atoms with Crippen molar-refractivity contribution in [3.05, 3.63) is 40.9 Å². The van der Waals surface area contributed by atoms with Crippen molar-refractivity contribution < 1.29 is 9.53 Å². The Balaban J connectivity index is 1.71. The van der Waals surface area contributed by atoms with Crippen LogP contribution in [0.2, 0.25) is 0 Å². The van der Waals surface area contributed by atoms with Gasteiger partial charge < -0.3 is 14.2 Å². The smallest absolute Gasteiger partial charge is 0.377 e. The molecule has 1 aliphatic rings. The molecule has 2 aromatic heterocycles. The van der Waals surface area contributed by atoms with Crippen LogP contribution in [0.1, 0.15) is 0 Å². The summed E-state index contributed by atoms with van der Waals surface area (Å²) in [5.74, 6) is 0. The number of nitrogens with zero attached hydrogens (tertiary/aromatic N) is 6. The topological polar surface area (TPSA) is 87.2 Å². The van der Waals surface area contributed by atoms with Gasteiger partial charge in [0.25, 0.3) is 0 Å². The first-order valence-corrected chi connectivity index (χ1v) is 7.63. The van der Waals surface area contributed by atoms with E-state index in [2.05, 4.69) is 10.4 Å². The van der Waals surface area contributed by atoms with Gasteiger partial charge in [-0.1, -0.05) is 6.07 Å². The minimum absolute atomic E-state index is 0.438. The van der Waals surface area contributed by atoms with Gasteiger partial charge in [0.15, 0.2) is 0 Å². The second-order valence-corrected chi connectivity index (χ2v) is 5.64. The summed E-state index contributed by atoms with van der Waals surface area (Å²) in [5.41, 5.74) is 0.948. The molecule has 3 heterocycles. The first-order chi connectivity index (χ1) is 11.6. The molecule has 1 amide bonds. The Morgan fingerprint density at radius 3 is 2.75 bits per heavy atom. The molecule has 4 rings (SSSR count). The number of benzene rings is 1. The normalized spacial score (nSPS) is 15.1. The van der Waals surface area contributed by atoms with E-state index < -0.39 is 11.7 Å². The van der Waals surface area contributed by atoms with Gasteiger partial charge in [-0.2, -0.15) is 4.68 Å². The Bertz CT molecular complexity index is 963. The fraction of sp³-hybridized carbons (Fsp3) is 0.333. The average Bonchev–Trinajstić information content (AvgIpc) is 3.18. The molecule has 0 bridgehead atoms. The van der Waals surface area contributed by atoms with E-state index >= 15 is 0 Å². The predicted octanol–water partition coefficient (Wildman–Crippen LogP) is 0.221. The van der Waals surface area contributed by atoms with Crippen molar-refractivity contribution in [3.8, 4) is 5.69 Å². The maximum Gasteiger partial charge on any atom is 0.377 e. The molecule has 0 aliphatic carbocycles. The van der Waals surface area contributed by atoms with Gasteiger partial charge in [-0.15, -0.1) is 4.68 Å². The third kappa shape index (κ3) is 2.29. The standard InChI is InChI=1S/C15H16N6O3/c1-18-5-4-11-2-3-12(10-13(11)18)20-15(23)21(17-16-20)14(22)19-6-8-24-9-7-19/h2-5,10H,6-9H2,1H3. The van der Waals surface area contributed by atoms with E-state index in [1.54, 1.807) is 6.07 Å². The third-order valence-electron chi connectivity index (χ3n) is 4.16. The number of hydrogen-bond donors (Lipinski definition) is 0. The van der Waals surface area contributed by atoms with Gasteiger partial charge in [-0.25, -0.2) is 9.59 Å². The number of fused-ring (bicyclic) bond motifs is 1. The Labute approximate surface area is 136 Å². The van der Waals surface area contributed by atoms with Crippen LogP contribution in [0.25, 0.3) is 16.6 Å². The largest absolute Gasteiger partial charge is 0.378 e. The predicted molar refractivity (Wildman–Crippen MR) is 85.3 cm³/mol. The molecule has 0 N–H and O–H groups in total. The monoisotopic (exact) mass is 328 g/mol. The van der Waals surface area contributed by atoms with Gasteiger partial charge in [0.1, 0.15) is 0 Å². The maximum atomic E-state index is 12.5. The highest BCUT2D eigenvalue weighted by Gasteiger charge is 2.23. The van der Waals surface area contributed by atoms with Crippen molar-refractivity contribution in [2.45, 2.75) is 0 Å². The van der Waals surface area contributed by atoms with Gasteiger partial charge in [-0.3, -0.25) is 0 Å². The van der Waals surface area contributed by atoms with Crippen LogP contribution in [0.3, 0.4) is 0 Å². The molecule has 124 valence electrons. The Morgan fingerprint density at radius 2 is 1.96 bits per heavy atom. The molecule has 3 aromatic rings. The molecule has 1 fully saturated rings. The van der Waals surface area contributed by atoms with E-state index in [1.165, 1.54) is 4.90 Å². The van der Waals surface area contributed by atoms with Crippen LogP contribution in [-0.4, -0.2) is 61.6 Å². The van der Waals surface area contributed by atoms with Crippen LogP contribution in [0.5, 0.6) is 0 Å². The van der Waals surface area contributed by atoms with E-state index in [1.807, 2.05) is 36.0 Å². The van der Waals surface area contributed by atoms with Crippen molar-refractivity contribution in [1.29, 1.82) is 0 Å². The number of hydrogen-bond acceptors (Lipinski definition) is 5. The first-order valence-electron chi connectivity index (χ1n) is 7.63. The first kappa shape index (κ1) is 14.6. The summed E-state index contributed by atoms with van der Waals surface area (Å²) in [6, 6.07) is 7.03. The van der Waals surface area contributed by atoms with Crippen molar-refractivity contribution >= 4 is 16.9 Å². The summed E-state index contributed by atoms with van der Waals surface area (Å²) in [6.07, 6.45) is 1.94. The molecule has 0 unspecified atom stereocenters. The van der Waals surface area contributed by atoms with E-state index in [0.717, 1.165) is 20.3 Å². The van der Waals surface area contributed by atoms with Crippen molar-refractivity contribution in [3.63, 3.8) is 0 Å². The van der Waals surface area contributed by atoms with Gasteiger partial charge in [0.05, 0.1) is 18.9 Å². The number of aromatic nitrogens is 5. The lowest BCUT2D eigenvalue weighted by molar-refractivity contribution is 0.0525. The van der Waals surface area contributed by atoms with E-state index in [4.69, 9.17) is 4.74 Å². The third-order valence-corrected chi connectivity index (χ3v) is 4.16. The molecular weight excluding hydrogens is 312 g/mol. The molecule has 1 aliphatic heterocycles. The van der Waals surface area contributed by atoms with Gasteiger partial charge in [0.2, 0.25) is 0 Å².